The van der Waals surface area contributed by atoms with E-state index in [1.165, 1.54) is 131 Å². The average Bonchev–Trinajstić information content (AvgIpc) is 4.19. The Kier molecular flexibility index (Phi) is 25.7. The summed E-state index contributed by atoms with van der Waals surface area (Å²) >= 11 is 3.27. The van der Waals surface area contributed by atoms with E-state index >= 15 is 0 Å². The molecule has 10 rings (SSSR count). The summed E-state index contributed by atoms with van der Waals surface area (Å²) in [6.45, 7) is 8.35. The zero-order valence-corrected chi connectivity index (χ0v) is 48.5. The Bertz CT molecular complexity index is 2490. The van der Waals surface area contributed by atoms with Crippen LogP contribution in [0.15, 0.2) is 60.7 Å². The molecule has 78 heavy (non-hydrogen) atoms. The smallest absolute Gasteiger partial charge is 0.327 e. The van der Waals surface area contributed by atoms with Crippen molar-refractivity contribution >= 4 is 40.3 Å². The molecule has 0 saturated carbocycles. The zero-order chi connectivity index (χ0) is 53.8. The number of aromatic nitrogens is 2. The fourth-order valence-corrected chi connectivity index (χ4v) is 12.4. The first-order valence-electron chi connectivity index (χ1n) is 28.8. The van der Waals surface area contributed by atoms with Gasteiger partial charge in [-0.25, -0.2) is 13.6 Å². The summed E-state index contributed by atoms with van der Waals surface area (Å²) < 4.78 is 61.2. The molecule has 2 unspecified atom stereocenters. The number of nitrogens with zero attached hydrogens (tertiary/aromatic N) is 3. The van der Waals surface area contributed by atoms with Crippen molar-refractivity contribution in [3.8, 4) is 0 Å². The van der Waals surface area contributed by atoms with Gasteiger partial charge in [0.15, 0.2) is 0 Å². The molecule has 0 spiro atoms. The number of halogens is 4. The molecule has 1 N–H and O–H groups in total. The molecule has 0 amide bonds. The summed E-state index contributed by atoms with van der Waals surface area (Å²) in [5, 5.41) is 3.40. The maximum absolute atomic E-state index is 14.4. The molecule has 6 atom stereocenters. The number of benzene rings is 2. The van der Waals surface area contributed by atoms with Crippen molar-refractivity contribution in [2.24, 2.45) is 11.8 Å². The first-order valence-corrected chi connectivity index (χ1v) is 29.8. The van der Waals surface area contributed by atoms with Gasteiger partial charge in [-0.2, -0.15) is 0 Å². The molecule has 2 aliphatic carbocycles. The Labute approximate surface area is 476 Å². The second-order valence-electron chi connectivity index (χ2n) is 21.6. The Balaban J connectivity index is 0.000000186. The number of aryl methyl sites for hydroxylation is 4. The fourth-order valence-electron chi connectivity index (χ4n) is 11.8. The molecule has 2 aromatic carbocycles. The first kappa shape index (κ1) is 61.7. The Morgan fingerprint density at radius 1 is 0.654 bits per heavy atom. The topological polar surface area (TPSA) is 131 Å². The second kappa shape index (κ2) is 32.5. The average molecular weight is 1170 g/mol. The van der Waals surface area contributed by atoms with Gasteiger partial charge in [0.05, 0.1) is 39.6 Å². The molecule has 0 bridgehead atoms. The predicted octanol–water partition coefficient (Wildman–Crippen LogP) is 12.1. The van der Waals surface area contributed by atoms with E-state index in [0.29, 0.717) is 43.5 Å². The number of likely N-dealkylation sites (tertiary alicyclic amines) is 1. The van der Waals surface area contributed by atoms with Gasteiger partial charge in [-0.15, -0.1) is 12.4 Å². The Morgan fingerprint density at radius 3 is 1.72 bits per heavy atom. The quantitative estimate of drug-likeness (QED) is 0.0545. The molecule has 4 aromatic rings. The number of hydrogen-bond donors (Lipinski definition) is 1. The van der Waals surface area contributed by atoms with Crippen LogP contribution in [0.4, 0.5) is 8.78 Å². The number of alkyl halides is 1. The van der Waals surface area contributed by atoms with E-state index in [9.17, 15) is 18.4 Å². The molecular weight excluding hydrogens is 1080 g/mol. The molecule has 4 aliphatic heterocycles. The van der Waals surface area contributed by atoms with E-state index in [-0.39, 0.29) is 42.2 Å². The van der Waals surface area contributed by atoms with E-state index in [4.69, 9.17) is 38.4 Å². The number of ether oxygens (including phenoxy) is 6. The number of nitrogens with one attached hydrogen (secondary N) is 1. The van der Waals surface area contributed by atoms with Gasteiger partial charge < -0.3 is 33.7 Å². The van der Waals surface area contributed by atoms with Gasteiger partial charge in [-0.3, -0.25) is 19.7 Å². The third kappa shape index (κ3) is 18.0. The number of methoxy groups -OCH3 is 2. The van der Waals surface area contributed by atoms with Gasteiger partial charge in [-0.05, 0) is 217 Å². The fraction of sp³-hybridized carbons (Fsp3) is 0.613. The van der Waals surface area contributed by atoms with E-state index < -0.39 is 16.8 Å². The lowest BCUT2D eigenvalue weighted by Gasteiger charge is -2.31. The maximum atomic E-state index is 14.4. The van der Waals surface area contributed by atoms with Gasteiger partial charge >= 0.3 is 11.9 Å². The predicted molar refractivity (Wildman–Crippen MR) is 304 cm³/mol. The van der Waals surface area contributed by atoms with E-state index in [1.54, 1.807) is 12.1 Å². The number of pyridine rings is 2. The van der Waals surface area contributed by atoms with Gasteiger partial charge in [0, 0.05) is 68.6 Å². The molecule has 12 nitrogen and oxygen atoms in total. The van der Waals surface area contributed by atoms with Crippen molar-refractivity contribution in [3.63, 3.8) is 0 Å². The van der Waals surface area contributed by atoms with Crippen molar-refractivity contribution in [3.05, 3.63) is 128 Å². The van der Waals surface area contributed by atoms with Crippen molar-refractivity contribution < 1.29 is 46.8 Å². The van der Waals surface area contributed by atoms with Gasteiger partial charge in [-0.1, -0.05) is 40.2 Å². The summed E-state index contributed by atoms with van der Waals surface area (Å²) in [6, 6.07) is 17.4. The standard InChI is InChI=1S/C31H41FN2O4.C17H26N2O.C14H16BrFO3.ClH/c1-36-31(35)30(27-20-24(32)10-12-26(27)29-8-4-5-17-38-29)34-16-13-22(21-34)14-18-37-19-15-25-11-9-23-6-2-3-7-28(23)33-25;1-2-4-17-15(3-1)5-6-16(19-17)9-12-20-11-8-14-7-10-18-13-14;1-18-14(17)13(15)11-8-9(16)5-6-10(11)12-4-2-3-7-19-12;/h9-12,20,22,29-30H,2-8,13-19,21H2,1H3;5-6,14,18H,1-4,7-13H2;5-6,8,12-13H,2-4,7H2,1H3;1H/t22-,29-,30?;14-;12-,13?;/m000./s1. The number of esters is 2. The normalized spacial score (nSPS) is 21.8. The number of fused-ring (bicyclic) bond motifs is 2. The van der Waals surface area contributed by atoms with Gasteiger partial charge in [0.2, 0.25) is 0 Å². The molecule has 6 aliphatic rings. The molecule has 2 aromatic heterocycles. The highest BCUT2D eigenvalue weighted by molar-refractivity contribution is 9.09. The number of hydrogen-bond acceptors (Lipinski definition) is 12. The van der Waals surface area contributed by atoms with Crippen molar-refractivity contribution in [2.75, 3.05) is 80.0 Å². The maximum Gasteiger partial charge on any atom is 0.327 e. The highest BCUT2D eigenvalue weighted by Crippen LogP contribution is 2.39. The van der Waals surface area contributed by atoms with Crippen LogP contribution in [-0.4, -0.2) is 107 Å². The largest absolute Gasteiger partial charge is 0.468 e. The van der Waals surface area contributed by atoms with Crippen molar-refractivity contribution in [1.82, 2.24) is 20.2 Å². The summed E-state index contributed by atoms with van der Waals surface area (Å²) in [7, 11) is 2.72. The Morgan fingerprint density at radius 2 is 1.19 bits per heavy atom. The second-order valence-corrected chi connectivity index (χ2v) is 22.5. The lowest BCUT2D eigenvalue weighted by atomic mass is 9.92. The van der Waals surface area contributed by atoms with E-state index in [0.717, 1.165) is 126 Å². The Hall–Kier alpha value is -3.93. The molecule has 4 fully saturated rings. The zero-order valence-electron chi connectivity index (χ0n) is 46.1. The van der Waals surface area contributed by atoms with Crippen LogP contribution >= 0.6 is 28.3 Å². The van der Waals surface area contributed by atoms with Crippen molar-refractivity contribution in [1.29, 1.82) is 0 Å². The number of carbonyl (C=O) groups is 2. The summed E-state index contributed by atoms with van der Waals surface area (Å²) in [5.41, 5.74) is 10.8. The van der Waals surface area contributed by atoms with Crippen LogP contribution in [0.1, 0.15) is 169 Å². The summed E-state index contributed by atoms with van der Waals surface area (Å²) in [4.78, 5) is 35.8. The molecule has 4 saturated heterocycles. The van der Waals surface area contributed by atoms with Crippen LogP contribution in [0, 0.1) is 23.5 Å². The highest BCUT2D eigenvalue weighted by Gasteiger charge is 2.37. The molecular formula is C62H84BrClF2N4O8. The van der Waals surface area contributed by atoms with E-state index in [2.05, 4.69) is 50.4 Å². The molecule has 0 radical (unpaired) electrons. The molecule has 16 heteroatoms. The van der Waals surface area contributed by atoms with Crippen LogP contribution in [0.25, 0.3) is 0 Å². The lowest BCUT2D eigenvalue weighted by molar-refractivity contribution is -0.147. The minimum Gasteiger partial charge on any atom is -0.468 e. The minimum absolute atomic E-state index is 0. The van der Waals surface area contributed by atoms with Crippen LogP contribution in [-0.2, 0) is 76.5 Å². The summed E-state index contributed by atoms with van der Waals surface area (Å²) in [6.07, 6.45) is 21.8. The monoisotopic (exact) mass is 1160 g/mol. The van der Waals surface area contributed by atoms with Gasteiger partial charge in [0.1, 0.15) is 22.5 Å². The third-order valence-corrected chi connectivity index (χ3v) is 17.1. The van der Waals surface area contributed by atoms with Gasteiger partial charge in [0.25, 0.3) is 0 Å². The van der Waals surface area contributed by atoms with Crippen LogP contribution in [0.2, 0.25) is 0 Å². The van der Waals surface area contributed by atoms with Crippen LogP contribution < -0.4 is 5.32 Å². The first-order chi connectivity index (χ1) is 37.7. The SMILES string of the molecule is COC(=O)C(Br)c1cc(F)ccc1[C@@H]1CCCCO1.COC(=O)C(c1cc(F)ccc1[C@@H]1CCCCO1)N1CC[C@@H](CCOCCc2ccc3c(n2)CCCC3)C1.Cl.c1cc2c(nc1CCOCC[C@@H]1CCNC1)CCCC2. The molecule has 428 valence electrons. The highest BCUT2D eigenvalue weighted by atomic mass is 79.9. The molecule has 6 heterocycles. The van der Waals surface area contributed by atoms with Crippen LogP contribution in [0.3, 0.4) is 0 Å². The third-order valence-electron chi connectivity index (χ3n) is 16.2. The number of carbonyl (C=O) groups excluding carboxylic acids is 2. The van der Waals surface area contributed by atoms with Crippen molar-refractivity contribution in [2.45, 2.75) is 151 Å². The minimum atomic E-state index is -0.672. The number of rotatable bonds is 19. The lowest BCUT2D eigenvalue weighted by Crippen LogP contribution is -2.34. The van der Waals surface area contributed by atoms with E-state index in [1.807, 2.05) is 0 Å². The van der Waals surface area contributed by atoms with Crippen LogP contribution in [0.5, 0.6) is 0 Å². The summed E-state index contributed by atoms with van der Waals surface area (Å²) in [5.74, 6) is -0.248.